The van der Waals surface area contributed by atoms with Gasteiger partial charge in [0.1, 0.15) is 0 Å². The highest BCUT2D eigenvalue weighted by Crippen LogP contribution is 2.31. The molecule has 1 aliphatic heterocycles. The molecule has 0 saturated carbocycles. The number of fused-ring (bicyclic) bond motifs is 1. The Morgan fingerprint density at radius 2 is 1.91 bits per heavy atom. The molecule has 8 heteroatoms. The first-order valence-corrected chi connectivity index (χ1v) is 11.8. The lowest BCUT2D eigenvalue weighted by Gasteiger charge is -2.24. The van der Waals surface area contributed by atoms with Crippen LogP contribution in [0, 0.1) is 0 Å². The molecule has 0 fully saturated rings. The average molecular weight is 479 g/mol. The predicted octanol–water partition coefficient (Wildman–Crippen LogP) is 3.21. The quantitative estimate of drug-likeness (QED) is 0.488. The van der Waals surface area contributed by atoms with Crippen molar-refractivity contribution in [2.45, 2.75) is 26.3 Å². The third kappa shape index (κ3) is 4.41. The molecule has 0 N–H and O–H groups in total. The maximum atomic E-state index is 13.6. The Labute approximate surface area is 201 Å². The summed E-state index contributed by atoms with van der Waals surface area (Å²) >= 11 is 1.28. The van der Waals surface area contributed by atoms with Crippen LogP contribution in [0.25, 0.3) is 6.08 Å². The number of carbonyl (C=O) groups is 1. The van der Waals surface area contributed by atoms with Crippen LogP contribution in [0.3, 0.4) is 0 Å². The van der Waals surface area contributed by atoms with Crippen LogP contribution in [0.4, 0.5) is 0 Å². The minimum absolute atomic E-state index is 0.225. The molecule has 3 aromatic rings. The van der Waals surface area contributed by atoms with E-state index in [2.05, 4.69) is 4.99 Å². The maximum Gasteiger partial charge on any atom is 0.338 e. The number of benzene rings is 2. The fourth-order valence-corrected chi connectivity index (χ4v) is 4.95. The summed E-state index contributed by atoms with van der Waals surface area (Å²) in [5.74, 6) is 0.753. The molecule has 7 nitrogen and oxygen atoms in total. The molecule has 2 heterocycles. The Bertz CT molecular complexity index is 1420. The third-order valence-electron chi connectivity index (χ3n) is 5.49. The Hall–Kier alpha value is -3.65. The Morgan fingerprint density at radius 3 is 2.59 bits per heavy atom. The largest absolute Gasteiger partial charge is 0.493 e. The fraction of sp³-hybridized carbons (Fsp3) is 0.269. The van der Waals surface area contributed by atoms with E-state index < -0.39 is 12.0 Å². The highest BCUT2D eigenvalue weighted by molar-refractivity contribution is 7.07. The molecule has 1 aromatic heterocycles. The molecule has 0 amide bonds. The van der Waals surface area contributed by atoms with Crippen LogP contribution in [-0.2, 0) is 9.53 Å². The van der Waals surface area contributed by atoms with Crippen molar-refractivity contribution in [3.8, 4) is 11.5 Å². The number of carbonyl (C=O) groups excluding carboxylic acids is 1. The van der Waals surface area contributed by atoms with E-state index >= 15 is 0 Å². The number of hydrogen-bond acceptors (Lipinski definition) is 7. The normalized spacial score (nSPS) is 15.5. The molecule has 1 atom stereocenters. The third-order valence-corrected chi connectivity index (χ3v) is 6.47. The molecule has 34 heavy (non-hydrogen) atoms. The van der Waals surface area contributed by atoms with Gasteiger partial charge < -0.3 is 14.2 Å². The van der Waals surface area contributed by atoms with E-state index in [0.29, 0.717) is 38.7 Å². The summed E-state index contributed by atoms with van der Waals surface area (Å²) in [5.41, 5.74) is 2.27. The van der Waals surface area contributed by atoms with Crippen LogP contribution in [0.15, 0.2) is 69.6 Å². The van der Waals surface area contributed by atoms with Gasteiger partial charge >= 0.3 is 5.97 Å². The van der Waals surface area contributed by atoms with E-state index in [1.54, 1.807) is 24.7 Å². The van der Waals surface area contributed by atoms with E-state index in [9.17, 15) is 9.59 Å². The van der Waals surface area contributed by atoms with E-state index in [4.69, 9.17) is 14.2 Å². The summed E-state index contributed by atoms with van der Waals surface area (Å²) in [6.07, 6.45) is 2.69. The van der Waals surface area contributed by atoms with Crippen LogP contribution in [0.2, 0.25) is 0 Å². The Balaban J connectivity index is 1.86. The number of esters is 1. The first-order chi connectivity index (χ1) is 16.5. The van der Waals surface area contributed by atoms with Crippen LogP contribution < -0.4 is 24.4 Å². The summed E-state index contributed by atoms with van der Waals surface area (Å²) in [7, 11) is 2.92. The molecule has 0 spiro atoms. The Morgan fingerprint density at radius 1 is 1.15 bits per heavy atom. The highest BCUT2D eigenvalue weighted by atomic mass is 32.1. The van der Waals surface area contributed by atoms with Gasteiger partial charge in [-0.25, -0.2) is 9.79 Å². The van der Waals surface area contributed by atoms with Gasteiger partial charge in [-0.1, -0.05) is 54.7 Å². The van der Waals surface area contributed by atoms with Gasteiger partial charge in [-0.2, -0.15) is 0 Å². The number of methoxy groups -OCH3 is 2. The van der Waals surface area contributed by atoms with Crippen LogP contribution in [0.1, 0.15) is 37.4 Å². The molecule has 0 aliphatic carbocycles. The smallest absolute Gasteiger partial charge is 0.338 e. The molecular weight excluding hydrogens is 452 g/mol. The van der Waals surface area contributed by atoms with Crippen LogP contribution in [0.5, 0.6) is 11.5 Å². The van der Waals surface area contributed by atoms with Gasteiger partial charge in [0.2, 0.25) is 0 Å². The van der Waals surface area contributed by atoms with Crippen molar-refractivity contribution in [3.05, 3.63) is 90.6 Å². The van der Waals surface area contributed by atoms with E-state index in [-0.39, 0.29) is 5.56 Å². The van der Waals surface area contributed by atoms with E-state index in [1.807, 2.05) is 55.5 Å². The lowest BCUT2D eigenvalue weighted by molar-refractivity contribution is -0.136. The molecule has 0 radical (unpaired) electrons. The second kappa shape index (κ2) is 10.1. The number of aromatic nitrogens is 1. The molecule has 176 valence electrons. The summed E-state index contributed by atoms with van der Waals surface area (Å²) in [4.78, 5) is 31.4. The van der Waals surface area contributed by atoms with Crippen molar-refractivity contribution in [2.75, 3.05) is 20.8 Å². The minimum atomic E-state index is -0.619. The Kier molecular flexibility index (Phi) is 6.98. The van der Waals surface area contributed by atoms with Crippen molar-refractivity contribution in [1.29, 1.82) is 0 Å². The second-order valence-electron chi connectivity index (χ2n) is 7.74. The lowest BCUT2D eigenvalue weighted by Crippen LogP contribution is -2.39. The number of rotatable bonds is 7. The molecule has 0 bridgehead atoms. The number of allylic oxidation sites excluding steroid dienone is 1. The maximum absolute atomic E-state index is 13.6. The average Bonchev–Trinajstić information content (AvgIpc) is 3.16. The zero-order valence-corrected chi connectivity index (χ0v) is 20.3. The van der Waals surface area contributed by atoms with Gasteiger partial charge in [0.05, 0.1) is 42.7 Å². The van der Waals surface area contributed by atoms with Gasteiger partial charge in [0, 0.05) is 0 Å². The monoisotopic (exact) mass is 478 g/mol. The predicted molar refractivity (Wildman–Crippen MR) is 131 cm³/mol. The first-order valence-electron chi connectivity index (χ1n) is 10.9. The van der Waals surface area contributed by atoms with E-state index in [0.717, 1.165) is 17.5 Å². The molecule has 2 aromatic carbocycles. The lowest BCUT2D eigenvalue weighted by atomic mass is 9.96. The van der Waals surface area contributed by atoms with Crippen LogP contribution >= 0.6 is 11.3 Å². The van der Waals surface area contributed by atoms with Crippen LogP contribution in [-0.4, -0.2) is 31.4 Å². The molecule has 1 unspecified atom stereocenters. The summed E-state index contributed by atoms with van der Waals surface area (Å²) in [6.45, 7) is 4.39. The number of ether oxygens (including phenoxy) is 3. The molecule has 1 aliphatic rings. The fourth-order valence-electron chi connectivity index (χ4n) is 3.90. The SMILES string of the molecule is CCCOc1ccc(C=c2sc3n(c2=O)C(c2ccccc2)C(C(=O)OC)=C(C)N=3)cc1OC. The van der Waals surface area contributed by atoms with Gasteiger partial charge in [-0.05, 0) is 42.7 Å². The molecule has 0 saturated heterocycles. The van der Waals surface area contributed by atoms with Gasteiger partial charge in [0.15, 0.2) is 16.3 Å². The van der Waals surface area contributed by atoms with Crippen molar-refractivity contribution < 1.29 is 19.0 Å². The second-order valence-corrected chi connectivity index (χ2v) is 8.75. The standard InChI is InChI=1S/C26H26N2O5S/c1-5-13-33-19-12-11-17(14-20(19)31-3)15-21-24(29)28-23(18-9-7-6-8-10-18)22(25(30)32-4)16(2)27-26(28)34-21/h6-12,14-15,23H,5,13H2,1-4H3. The number of thiazole rings is 1. The number of hydrogen-bond donors (Lipinski definition) is 0. The highest BCUT2D eigenvalue weighted by Gasteiger charge is 2.32. The topological polar surface area (TPSA) is 79.1 Å². The van der Waals surface area contributed by atoms with Gasteiger partial charge in [0.25, 0.3) is 5.56 Å². The minimum Gasteiger partial charge on any atom is -0.493 e. The van der Waals surface area contributed by atoms with Crippen molar-refractivity contribution in [3.63, 3.8) is 0 Å². The summed E-state index contributed by atoms with van der Waals surface area (Å²) in [5, 5.41) is 0. The van der Waals surface area contributed by atoms with Gasteiger partial charge in [-0.3, -0.25) is 9.36 Å². The van der Waals surface area contributed by atoms with Gasteiger partial charge in [-0.15, -0.1) is 0 Å². The zero-order chi connectivity index (χ0) is 24.2. The zero-order valence-electron chi connectivity index (χ0n) is 19.5. The summed E-state index contributed by atoms with van der Waals surface area (Å²) < 4.78 is 18.3. The first kappa shape index (κ1) is 23.5. The van der Waals surface area contributed by atoms with Crippen molar-refractivity contribution >= 4 is 23.4 Å². The van der Waals surface area contributed by atoms with Crippen molar-refractivity contribution in [2.24, 2.45) is 4.99 Å². The summed E-state index contributed by atoms with van der Waals surface area (Å²) in [6, 6.07) is 14.4. The van der Waals surface area contributed by atoms with E-state index in [1.165, 1.54) is 18.4 Å². The number of nitrogens with zero attached hydrogens (tertiary/aromatic N) is 2. The molecule has 4 rings (SSSR count). The van der Waals surface area contributed by atoms with Crippen molar-refractivity contribution in [1.82, 2.24) is 4.57 Å². The molecular formula is C26H26N2O5S.